The van der Waals surface area contributed by atoms with Gasteiger partial charge in [0.1, 0.15) is 0 Å². The molecule has 1 nitrogen and oxygen atoms in total. The van der Waals surface area contributed by atoms with Gasteiger partial charge in [0.15, 0.2) is 0 Å². The van der Waals surface area contributed by atoms with E-state index in [1.165, 1.54) is 16.7 Å². The third kappa shape index (κ3) is 2.74. The van der Waals surface area contributed by atoms with Gasteiger partial charge < -0.3 is 4.90 Å². The van der Waals surface area contributed by atoms with Gasteiger partial charge in [-0.2, -0.15) is 0 Å². The average molecular weight is 329 g/mol. The summed E-state index contributed by atoms with van der Waals surface area (Å²) in [5, 5.41) is 0. The van der Waals surface area contributed by atoms with Crippen LogP contribution in [-0.4, -0.2) is 9.89 Å². The zero-order chi connectivity index (χ0) is 16.4. The van der Waals surface area contributed by atoms with Crippen molar-refractivity contribution in [3.63, 3.8) is 0 Å². The molecule has 0 bridgehead atoms. The molecule has 2 heteroatoms. The van der Waals surface area contributed by atoms with E-state index >= 15 is 0 Å². The Balaban J connectivity index is 1.68. The Morgan fingerprint density at radius 2 is 1.17 bits per heavy atom. The quantitative estimate of drug-likeness (QED) is 0.593. The maximum Gasteiger partial charge on any atom is 0.0888 e. The predicted molar refractivity (Wildman–Crippen MR) is 103 cm³/mol. The third-order valence-corrected chi connectivity index (χ3v) is 5.18. The lowest BCUT2D eigenvalue weighted by Gasteiger charge is -2.51. The van der Waals surface area contributed by atoms with Crippen LogP contribution in [0.1, 0.15) is 28.7 Å². The molecule has 0 amide bonds. The summed E-state index contributed by atoms with van der Waals surface area (Å²) in [4.78, 5) is 3.40. The van der Waals surface area contributed by atoms with Crippen molar-refractivity contribution in [2.24, 2.45) is 0 Å². The first-order chi connectivity index (χ1) is 11.8. The second-order valence-corrected chi connectivity index (χ2v) is 6.61. The molecule has 1 fully saturated rings. The summed E-state index contributed by atoms with van der Waals surface area (Å²) in [6.45, 7) is 0.864. The molecule has 2 atom stereocenters. The predicted octanol–water partition coefficient (Wildman–Crippen LogP) is 5.35. The van der Waals surface area contributed by atoms with E-state index in [0.29, 0.717) is 6.04 Å². The minimum Gasteiger partial charge on any atom is -0.353 e. The SMILES string of the molecule is S=C1[C@H](c2ccccc2)[C@H](c2ccccc2)N1Cc1ccccc1. The summed E-state index contributed by atoms with van der Waals surface area (Å²) >= 11 is 5.81. The second-order valence-electron chi connectivity index (χ2n) is 6.20. The van der Waals surface area contributed by atoms with E-state index in [4.69, 9.17) is 12.2 Å². The summed E-state index contributed by atoms with van der Waals surface area (Å²) < 4.78 is 0. The fourth-order valence-electron chi connectivity index (χ4n) is 3.51. The van der Waals surface area contributed by atoms with E-state index < -0.39 is 0 Å². The first kappa shape index (κ1) is 15.1. The lowest BCUT2D eigenvalue weighted by molar-refractivity contribution is 0.221. The van der Waals surface area contributed by atoms with E-state index in [2.05, 4.69) is 95.9 Å². The molecule has 0 aliphatic carbocycles. The van der Waals surface area contributed by atoms with Crippen LogP contribution in [0.3, 0.4) is 0 Å². The lowest BCUT2D eigenvalue weighted by atomic mass is 9.78. The van der Waals surface area contributed by atoms with Crippen molar-refractivity contribution in [3.8, 4) is 0 Å². The highest BCUT2D eigenvalue weighted by Crippen LogP contribution is 2.48. The van der Waals surface area contributed by atoms with Crippen LogP contribution in [0.5, 0.6) is 0 Å². The highest BCUT2D eigenvalue weighted by molar-refractivity contribution is 7.80. The normalized spacial score (nSPS) is 19.8. The van der Waals surface area contributed by atoms with Gasteiger partial charge in [-0.25, -0.2) is 0 Å². The van der Waals surface area contributed by atoms with E-state index in [1.807, 2.05) is 0 Å². The van der Waals surface area contributed by atoms with Gasteiger partial charge in [-0.3, -0.25) is 0 Å². The fourth-order valence-corrected chi connectivity index (χ4v) is 3.96. The lowest BCUT2D eigenvalue weighted by Crippen LogP contribution is -2.51. The molecule has 0 saturated carbocycles. The Bertz CT molecular complexity index is 814. The molecule has 24 heavy (non-hydrogen) atoms. The van der Waals surface area contributed by atoms with Crippen LogP contribution in [0, 0.1) is 0 Å². The first-order valence-electron chi connectivity index (χ1n) is 8.29. The second kappa shape index (κ2) is 6.58. The topological polar surface area (TPSA) is 3.24 Å². The van der Waals surface area contributed by atoms with Crippen molar-refractivity contribution in [2.45, 2.75) is 18.5 Å². The molecule has 1 aliphatic heterocycles. The smallest absolute Gasteiger partial charge is 0.0888 e. The summed E-state index contributed by atoms with van der Waals surface area (Å²) in [5.41, 5.74) is 3.93. The molecule has 0 radical (unpaired) electrons. The Morgan fingerprint density at radius 1 is 0.667 bits per heavy atom. The minimum atomic E-state index is 0.285. The molecule has 0 aromatic heterocycles. The largest absolute Gasteiger partial charge is 0.353 e. The molecule has 1 heterocycles. The maximum absolute atomic E-state index is 5.81. The van der Waals surface area contributed by atoms with Crippen LogP contribution < -0.4 is 0 Å². The number of hydrogen-bond donors (Lipinski definition) is 0. The molecular formula is C22H19NS. The van der Waals surface area contributed by atoms with Gasteiger partial charge in [-0.15, -0.1) is 0 Å². The van der Waals surface area contributed by atoms with E-state index in [0.717, 1.165) is 11.5 Å². The van der Waals surface area contributed by atoms with Crippen molar-refractivity contribution < 1.29 is 0 Å². The Morgan fingerprint density at radius 3 is 1.75 bits per heavy atom. The van der Waals surface area contributed by atoms with E-state index in [1.54, 1.807) is 0 Å². The summed E-state index contributed by atoms with van der Waals surface area (Å²) in [5.74, 6) is 0.285. The van der Waals surface area contributed by atoms with Crippen LogP contribution in [0.25, 0.3) is 0 Å². The highest BCUT2D eigenvalue weighted by atomic mass is 32.1. The van der Waals surface area contributed by atoms with Crippen LogP contribution in [0.15, 0.2) is 91.0 Å². The zero-order valence-electron chi connectivity index (χ0n) is 13.4. The van der Waals surface area contributed by atoms with Gasteiger partial charge in [0.05, 0.1) is 16.9 Å². The summed E-state index contributed by atoms with van der Waals surface area (Å²) in [6, 6.07) is 32.2. The minimum absolute atomic E-state index is 0.285. The van der Waals surface area contributed by atoms with Crippen molar-refractivity contribution in [1.82, 2.24) is 4.90 Å². The van der Waals surface area contributed by atoms with Crippen LogP contribution >= 0.6 is 12.2 Å². The molecule has 1 aliphatic rings. The Labute approximate surface area is 148 Å². The van der Waals surface area contributed by atoms with Gasteiger partial charge >= 0.3 is 0 Å². The highest BCUT2D eigenvalue weighted by Gasteiger charge is 2.45. The van der Waals surface area contributed by atoms with Gasteiger partial charge in [0.25, 0.3) is 0 Å². The van der Waals surface area contributed by atoms with Crippen molar-refractivity contribution in [3.05, 3.63) is 108 Å². The molecule has 1 saturated heterocycles. The average Bonchev–Trinajstić information content (AvgIpc) is 2.66. The molecule has 0 N–H and O–H groups in total. The monoisotopic (exact) mass is 329 g/mol. The third-order valence-electron chi connectivity index (χ3n) is 4.70. The summed E-state index contributed by atoms with van der Waals surface area (Å²) in [6.07, 6.45) is 0. The fraction of sp³-hybridized carbons (Fsp3) is 0.136. The number of nitrogens with zero attached hydrogens (tertiary/aromatic N) is 1. The van der Waals surface area contributed by atoms with Gasteiger partial charge in [0, 0.05) is 6.54 Å². The Kier molecular flexibility index (Phi) is 4.14. The molecular weight excluding hydrogens is 310 g/mol. The molecule has 118 valence electrons. The number of rotatable bonds is 4. The summed E-state index contributed by atoms with van der Waals surface area (Å²) in [7, 11) is 0. The molecule has 0 unspecified atom stereocenters. The van der Waals surface area contributed by atoms with E-state index in [9.17, 15) is 0 Å². The number of thiocarbonyl (C=S) groups is 1. The van der Waals surface area contributed by atoms with Gasteiger partial charge in [-0.05, 0) is 16.7 Å². The molecule has 4 rings (SSSR count). The van der Waals surface area contributed by atoms with Gasteiger partial charge in [0.2, 0.25) is 0 Å². The maximum atomic E-state index is 5.81. The Hall–Kier alpha value is -2.45. The van der Waals surface area contributed by atoms with Crippen LogP contribution in [0.4, 0.5) is 0 Å². The van der Waals surface area contributed by atoms with Crippen LogP contribution in [-0.2, 0) is 6.54 Å². The number of likely N-dealkylation sites (tertiary alicyclic amines) is 1. The van der Waals surface area contributed by atoms with Gasteiger partial charge in [-0.1, -0.05) is 103 Å². The number of benzene rings is 3. The number of hydrogen-bond acceptors (Lipinski definition) is 1. The molecule has 3 aromatic rings. The first-order valence-corrected chi connectivity index (χ1v) is 8.70. The molecule has 0 spiro atoms. The zero-order valence-corrected chi connectivity index (χ0v) is 14.2. The standard InChI is InChI=1S/C22H19NS/c24-22-20(18-12-6-2-7-13-18)21(19-14-8-3-9-15-19)23(22)16-17-10-4-1-5-11-17/h1-15,20-21H,16H2/t20-,21+/m1/s1. The van der Waals surface area contributed by atoms with Crippen molar-refractivity contribution >= 4 is 17.2 Å². The molecule has 3 aromatic carbocycles. The van der Waals surface area contributed by atoms with Crippen molar-refractivity contribution in [1.29, 1.82) is 0 Å². The van der Waals surface area contributed by atoms with Crippen molar-refractivity contribution in [2.75, 3.05) is 0 Å². The van der Waals surface area contributed by atoms with E-state index in [-0.39, 0.29) is 5.92 Å². The van der Waals surface area contributed by atoms with Crippen LogP contribution in [0.2, 0.25) is 0 Å².